The average Bonchev–Trinajstić information content (AvgIpc) is 2.53. The van der Waals surface area contributed by atoms with Crippen molar-refractivity contribution in [2.24, 2.45) is 0 Å². The lowest BCUT2D eigenvalue weighted by Crippen LogP contribution is -2.01. The molecule has 0 atom stereocenters. The molecule has 0 radical (unpaired) electrons. The van der Waals surface area contributed by atoms with Gasteiger partial charge in [0, 0.05) is 24.4 Å². The molecule has 0 aliphatic carbocycles. The van der Waals surface area contributed by atoms with Gasteiger partial charge in [0.15, 0.2) is 0 Å². The van der Waals surface area contributed by atoms with E-state index in [1.807, 2.05) is 19.1 Å². The first-order valence-electron chi connectivity index (χ1n) is 7.00. The summed E-state index contributed by atoms with van der Waals surface area (Å²) in [6.45, 7) is 3.02. The van der Waals surface area contributed by atoms with Crippen molar-refractivity contribution in [3.63, 3.8) is 0 Å². The van der Waals surface area contributed by atoms with Crippen LogP contribution in [0.2, 0.25) is 0 Å². The molecule has 0 aromatic heterocycles. The Balaban J connectivity index is 2.28. The molecule has 23 heavy (non-hydrogen) atoms. The number of methoxy groups -OCH3 is 1. The minimum Gasteiger partial charge on any atom is -0.497 e. The Morgan fingerprint density at radius 1 is 1.26 bits per heavy atom. The summed E-state index contributed by atoms with van der Waals surface area (Å²) in [4.78, 5) is 10.3. The van der Waals surface area contributed by atoms with Crippen LogP contribution in [0.3, 0.4) is 0 Å². The van der Waals surface area contributed by atoms with Gasteiger partial charge in [-0.15, -0.1) is 0 Å². The summed E-state index contributed by atoms with van der Waals surface area (Å²) in [6, 6.07) is 9.52. The molecule has 0 spiro atoms. The molecular weight excluding hydrogens is 303 g/mol. The minimum atomic E-state index is -0.954. The lowest BCUT2D eigenvalue weighted by atomic mass is 10.2. The fraction of sp³-hybridized carbons (Fsp3) is 0.250. The number of hydrogen-bond acceptors (Lipinski definition) is 5. The average molecular weight is 320 g/mol. The Morgan fingerprint density at radius 3 is 2.52 bits per heavy atom. The minimum absolute atomic E-state index is 0.0319. The van der Waals surface area contributed by atoms with Crippen molar-refractivity contribution in [2.75, 3.05) is 19.0 Å². The summed E-state index contributed by atoms with van der Waals surface area (Å²) in [5.74, 6) is -0.756. The smallest absolute Gasteiger partial charge is 0.328 e. The molecule has 0 saturated heterocycles. The summed E-state index contributed by atoms with van der Waals surface area (Å²) in [5.41, 5.74) is 0.985. The first-order valence-corrected chi connectivity index (χ1v) is 7.00. The number of nitrogens with one attached hydrogen (secondary N) is 1. The summed E-state index contributed by atoms with van der Waals surface area (Å²) < 4.78 is 24.1. The van der Waals surface area contributed by atoms with Gasteiger partial charge in [0.2, 0.25) is 5.82 Å². The maximum atomic E-state index is 13.9. The van der Waals surface area contributed by atoms with Crippen LogP contribution in [0.1, 0.15) is 12.5 Å². The number of halogens is 1. The van der Waals surface area contributed by atoms with E-state index in [1.54, 1.807) is 12.1 Å². The second-order valence-electron chi connectivity index (χ2n) is 4.72. The lowest BCUT2D eigenvalue weighted by molar-refractivity contribution is -0.386. The molecular formula is C16H17FN2O4. The number of benzene rings is 2. The Hall–Kier alpha value is -2.67. The van der Waals surface area contributed by atoms with Crippen molar-refractivity contribution in [1.82, 2.24) is 0 Å². The van der Waals surface area contributed by atoms with Crippen molar-refractivity contribution >= 4 is 17.1 Å². The molecule has 0 saturated carbocycles. The van der Waals surface area contributed by atoms with Gasteiger partial charge in [-0.3, -0.25) is 10.1 Å². The third-order valence-corrected chi connectivity index (χ3v) is 3.16. The van der Waals surface area contributed by atoms with Crippen LogP contribution in [0.4, 0.5) is 21.5 Å². The fourth-order valence-electron chi connectivity index (χ4n) is 2.03. The predicted octanol–water partition coefficient (Wildman–Crippen LogP) is 4.02. The van der Waals surface area contributed by atoms with E-state index in [4.69, 9.17) is 9.47 Å². The molecule has 2 rings (SSSR count). The van der Waals surface area contributed by atoms with Gasteiger partial charge in [-0.2, -0.15) is 4.39 Å². The number of nitro benzene ring substituents is 1. The number of anilines is 2. The molecule has 6 nitrogen and oxygen atoms in total. The monoisotopic (exact) mass is 320 g/mol. The van der Waals surface area contributed by atoms with E-state index in [9.17, 15) is 14.5 Å². The van der Waals surface area contributed by atoms with Crippen molar-refractivity contribution in [2.45, 2.75) is 13.5 Å². The Morgan fingerprint density at radius 2 is 1.96 bits per heavy atom. The number of ether oxygens (including phenoxy) is 2. The van der Waals surface area contributed by atoms with Crippen LogP contribution in [-0.4, -0.2) is 18.6 Å². The van der Waals surface area contributed by atoms with E-state index in [-0.39, 0.29) is 11.4 Å². The maximum absolute atomic E-state index is 13.9. The standard InChI is InChI=1S/C16H17FN2O4/c1-3-23-10-11-4-6-12(7-5-11)18-15-9-13(22-2)8-14(17)16(15)19(20)21/h4-9,18H,3,10H2,1-2H3. The SMILES string of the molecule is CCOCc1ccc(Nc2cc(OC)cc(F)c2[N+](=O)[O-])cc1. The Bertz CT molecular complexity index is 689. The quantitative estimate of drug-likeness (QED) is 0.616. The highest BCUT2D eigenvalue weighted by Gasteiger charge is 2.22. The molecule has 0 heterocycles. The van der Waals surface area contributed by atoms with Gasteiger partial charge in [0.25, 0.3) is 0 Å². The molecule has 0 aliphatic rings. The van der Waals surface area contributed by atoms with Gasteiger partial charge in [-0.25, -0.2) is 0 Å². The van der Waals surface area contributed by atoms with Crippen molar-refractivity contribution < 1.29 is 18.8 Å². The van der Waals surface area contributed by atoms with Gasteiger partial charge in [-0.05, 0) is 24.6 Å². The molecule has 0 aliphatic heterocycles. The Kier molecular flexibility index (Phi) is 5.48. The first kappa shape index (κ1) is 16.7. The predicted molar refractivity (Wildman–Crippen MR) is 84.7 cm³/mol. The van der Waals surface area contributed by atoms with Crippen LogP contribution in [0.25, 0.3) is 0 Å². The third-order valence-electron chi connectivity index (χ3n) is 3.16. The van der Waals surface area contributed by atoms with E-state index in [2.05, 4.69) is 5.32 Å². The van der Waals surface area contributed by atoms with E-state index >= 15 is 0 Å². The second kappa shape index (κ2) is 7.55. The van der Waals surface area contributed by atoms with Gasteiger partial charge in [0.1, 0.15) is 11.4 Å². The van der Waals surface area contributed by atoms with E-state index < -0.39 is 16.4 Å². The van der Waals surface area contributed by atoms with Crippen molar-refractivity contribution in [1.29, 1.82) is 0 Å². The van der Waals surface area contributed by atoms with Gasteiger partial charge in [0.05, 0.1) is 18.6 Å². The summed E-state index contributed by atoms with van der Waals surface area (Å²) >= 11 is 0. The zero-order chi connectivity index (χ0) is 16.8. The molecule has 0 fully saturated rings. The van der Waals surface area contributed by atoms with Crippen molar-refractivity contribution in [3.8, 4) is 5.75 Å². The van der Waals surface area contributed by atoms with Crippen LogP contribution in [-0.2, 0) is 11.3 Å². The molecule has 2 aromatic rings. The summed E-state index contributed by atoms with van der Waals surface area (Å²) in [6.07, 6.45) is 0. The summed E-state index contributed by atoms with van der Waals surface area (Å²) in [7, 11) is 1.37. The van der Waals surface area contributed by atoms with Crippen LogP contribution in [0.15, 0.2) is 36.4 Å². The van der Waals surface area contributed by atoms with Crippen LogP contribution in [0, 0.1) is 15.9 Å². The maximum Gasteiger partial charge on any atom is 0.328 e. The molecule has 2 aromatic carbocycles. The van der Waals surface area contributed by atoms with Gasteiger partial charge >= 0.3 is 5.69 Å². The highest BCUT2D eigenvalue weighted by Crippen LogP contribution is 2.34. The summed E-state index contributed by atoms with van der Waals surface area (Å²) in [5, 5.41) is 13.9. The van der Waals surface area contributed by atoms with E-state index in [0.29, 0.717) is 18.9 Å². The van der Waals surface area contributed by atoms with E-state index in [1.165, 1.54) is 13.2 Å². The normalized spacial score (nSPS) is 10.4. The zero-order valence-corrected chi connectivity index (χ0v) is 12.8. The van der Waals surface area contributed by atoms with E-state index in [0.717, 1.165) is 11.6 Å². The molecule has 0 bridgehead atoms. The van der Waals surface area contributed by atoms with Crippen LogP contribution in [0.5, 0.6) is 5.75 Å². The lowest BCUT2D eigenvalue weighted by Gasteiger charge is -2.10. The molecule has 0 amide bonds. The van der Waals surface area contributed by atoms with Crippen LogP contribution >= 0.6 is 0 Å². The first-order chi connectivity index (χ1) is 11.0. The largest absolute Gasteiger partial charge is 0.497 e. The van der Waals surface area contributed by atoms with Gasteiger partial charge < -0.3 is 14.8 Å². The van der Waals surface area contributed by atoms with Gasteiger partial charge in [-0.1, -0.05) is 12.1 Å². The Labute approximate surface area is 133 Å². The number of rotatable bonds is 7. The highest BCUT2D eigenvalue weighted by molar-refractivity contribution is 5.71. The molecule has 1 N–H and O–H groups in total. The van der Waals surface area contributed by atoms with Crippen molar-refractivity contribution in [3.05, 3.63) is 57.9 Å². The third kappa shape index (κ3) is 4.17. The zero-order valence-electron chi connectivity index (χ0n) is 12.8. The number of nitro groups is 1. The highest BCUT2D eigenvalue weighted by atomic mass is 19.1. The molecule has 122 valence electrons. The van der Waals surface area contributed by atoms with Crippen LogP contribution < -0.4 is 10.1 Å². The topological polar surface area (TPSA) is 73.6 Å². The number of hydrogen-bond donors (Lipinski definition) is 1. The second-order valence-corrected chi connectivity index (χ2v) is 4.72. The molecule has 0 unspecified atom stereocenters. The fourth-order valence-corrected chi connectivity index (χ4v) is 2.03. The number of nitrogens with zero attached hydrogens (tertiary/aromatic N) is 1. The molecule has 7 heteroatoms.